The fourth-order valence-corrected chi connectivity index (χ4v) is 4.46. The van der Waals surface area contributed by atoms with Crippen LogP contribution < -0.4 is 5.32 Å². The topological polar surface area (TPSA) is 103 Å². The molecule has 0 saturated heterocycles. The van der Waals surface area contributed by atoms with Crippen molar-refractivity contribution in [3.8, 4) is 11.5 Å². The second-order valence-electron chi connectivity index (χ2n) is 9.81. The predicted octanol–water partition coefficient (Wildman–Crippen LogP) is 4.92. The van der Waals surface area contributed by atoms with Gasteiger partial charge in [-0.3, -0.25) is 9.59 Å². The molecule has 1 aliphatic heterocycles. The smallest absolute Gasteiger partial charge is 0.235 e. The normalized spacial score (nSPS) is 15.1. The molecule has 36 heavy (non-hydrogen) atoms. The van der Waals surface area contributed by atoms with Crippen LogP contribution in [0.25, 0.3) is 22.6 Å². The van der Waals surface area contributed by atoms with Crippen LogP contribution in [0.1, 0.15) is 62.2 Å². The maximum atomic E-state index is 14.4. The minimum atomic E-state index is -0.942. The van der Waals surface area contributed by atoms with Gasteiger partial charge in [0, 0.05) is 23.7 Å². The Morgan fingerprint density at radius 1 is 1.17 bits per heavy atom. The third-order valence-corrected chi connectivity index (χ3v) is 6.83. The molecule has 1 atom stereocenters. The molecule has 9 heteroatoms. The molecule has 0 aliphatic carbocycles. The third-order valence-electron chi connectivity index (χ3n) is 6.83. The molecule has 0 fully saturated rings. The second kappa shape index (κ2) is 8.89. The monoisotopic (exact) mass is 486 g/mol. The number of aromatic nitrogens is 5. The first-order valence-electron chi connectivity index (χ1n) is 12.0. The number of hydrogen-bond donors (Lipinski definition) is 1. The third kappa shape index (κ3) is 3.94. The zero-order valence-electron chi connectivity index (χ0n) is 20.7. The van der Waals surface area contributed by atoms with Crippen molar-refractivity contribution in [1.82, 2.24) is 24.7 Å². The number of benzene rings is 1. The van der Waals surface area contributed by atoms with Gasteiger partial charge in [-0.15, -0.1) is 0 Å². The summed E-state index contributed by atoms with van der Waals surface area (Å²) in [6.07, 6.45) is 2.80. The number of Topliss-reactive ketones (excluding diaryl/α,β-unsaturated/α-hetero) is 1. The molecule has 1 amide bonds. The van der Waals surface area contributed by atoms with Crippen molar-refractivity contribution in [2.75, 3.05) is 5.32 Å². The van der Waals surface area contributed by atoms with E-state index in [0.29, 0.717) is 40.1 Å². The van der Waals surface area contributed by atoms with E-state index < -0.39 is 5.41 Å². The number of carbonyl (C=O) groups excluding carboxylic acids is 2. The molecule has 0 spiro atoms. The van der Waals surface area contributed by atoms with Crippen molar-refractivity contribution in [2.45, 2.75) is 52.5 Å². The number of nitrogens with zero attached hydrogens (tertiary/aromatic N) is 5. The lowest BCUT2D eigenvalue weighted by atomic mass is 9.84. The number of fused-ring (bicyclic) bond motifs is 2. The van der Waals surface area contributed by atoms with Crippen LogP contribution in [-0.2, 0) is 16.8 Å². The maximum absolute atomic E-state index is 14.4. The lowest BCUT2D eigenvalue weighted by Crippen LogP contribution is -2.29. The van der Waals surface area contributed by atoms with Gasteiger partial charge in [0.15, 0.2) is 17.3 Å². The van der Waals surface area contributed by atoms with Crippen LogP contribution >= 0.6 is 0 Å². The molecule has 1 unspecified atom stereocenters. The summed E-state index contributed by atoms with van der Waals surface area (Å²) in [6.45, 7) is 7.73. The summed E-state index contributed by atoms with van der Waals surface area (Å²) in [7, 11) is 0. The van der Waals surface area contributed by atoms with E-state index in [1.807, 2.05) is 19.9 Å². The van der Waals surface area contributed by atoms with Gasteiger partial charge in [-0.05, 0) is 38.0 Å². The Labute approximate surface area is 208 Å². The van der Waals surface area contributed by atoms with Crippen molar-refractivity contribution < 1.29 is 14.0 Å². The van der Waals surface area contributed by atoms with Gasteiger partial charge in [0.05, 0.1) is 17.3 Å². The van der Waals surface area contributed by atoms with Gasteiger partial charge >= 0.3 is 0 Å². The van der Waals surface area contributed by atoms with Crippen LogP contribution in [0, 0.1) is 11.7 Å². The lowest BCUT2D eigenvalue weighted by Gasteiger charge is -2.18. The minimum Gasteiger partial charge on any atom is -0.310 e. The summed E-state index contributed by atoms with van der Waals surface area (Å²) >= 11 is 0. The molecule has 1 aromatic carbocycles. The number of hydrogen-bond acceptors (Lipinski definition) is 6. The molecule has 3 aromatic heterocycles. The number of nitrogens with one attached hydrogen (secondary N) is 1. The van der Waals surface area contributed by atoms with Crippen molar-refractivity contribution in [2.24, 2.45) is 5.92 Å². The van der Waals surface area contributed by atoms with Crippen molar-refractivity contribution in [1.29, 1.82) is 0 Å². The van der Waals surface area contributed by atoms with E-state index in [0.717, 1.165) is 6.42 Å². The minimum absolute atomic E-state index is 0.137. The van der Waals surface area contributed by atoms with E-state index in [2.05, 4.69) is 20.3 Å². The Kier molecular flexibility index (Phi) is 5.86. The first-order valence-corrected chi connectivity index (χ1v) is 12.0. The summed E-state index contributed by atoms with van der Waals surface area (Å²) in [5.41, 5.74) is 1.22. The second-order valence-corrected chi connectivity index (χ2v) is 9.81. The number of anilines is 1. The van der Waals surface area contributed by atoms with Crippen LogP contribution in [0.15, 0.2) is 42.6 Å². The highest BCUT2D eigenvalue weighted by molar-refractivity contribution is 6.09. The average Bonchev–Trinajstić information content (AvgIpc) is 3.33. The molecule has 1 N–H and O–H groups in total. The SMILES string of the molecule is CCC(C)CC(=O)c1nc(-c2nn(Cc3ccccc3F)c3ncccc23)nc2c1C(C)(C)C(=O)N2. The van der Waals surface area contributed by atoms with Crippen LogP contribution in [-0.4, -0.2) is 36.4 Å². The first-order chi connectivity index (χ1) is 17.2. The summed E-state index contributed by atoms with van der Waals surface area (Å²) in [6, 6.07) is 10.1. The Bertz CT molecular complexity index is 1510. The van der Waals surface area contributed by atoms with Gasteiger partial charge < -0.3 is 5.32 Å². The summed E-state index contributed by atoms with van der Waals surface area (Å²) in [4.78, 5) is 39.9. The van der Waals surface area contributed by atoms with Crippen molar-refractivity contribution in [3.63, 3.8) is 0 Å². The highest BCUT2D eigenvalue weighted by atomic mass is 19.1. The zero-order valence-corrected chi connectivity index (χ0v) is 20.7. The molecular formula is C27H27FN6O2. The molecule has 4 heterocycles. The lowest BCUT2D eigenvalue weighted by molar-refractivity contribution is -0.119. The Hall–Kier alpha value is -4.01. The predicted molar refractivity (Wildman–Crippen MR) is 134 cm³/mol. The van der Waals surface area contributed by atoms with Crippen molar-refractivity contribution in [3.05, 3.63) is 65.2 Å². The van der Waals surface area contributed by atoms with Gasteiger partial charge in [-0.1, -0.05) is 38.5 Å². The quantitative estimate of drug-likeness (QED) is 0.372. The van der Waals surface area contributed by atoms with Gasteiger partial charge in [-0.2, -0.15) is 5.10 Å². The van der Waals surface area contributed by atoms with Crippen LogP contribution in [0.4, 0.5) is 10.2 Å². The van der Waals surface area contributed by atoms with E-state index >= 15 is 0 Å². The number of rotatable bonds is 7. The molecule has 0 saturated carbocycles. The molecule has 0 radical (unpaired) electrons. The largest absolute Gasteiger partial charge is 0.310 e. The van der Waals surface area contributed by atoms with Gasteiger partial charge in [0.2, 0.25) is 5.91 Å². The molecule has 0 bridgehead atoms. The summed E-state index contributed by atoms with van der Waals surface area (Å²) < 4.78 is 16.0. The standard InChI is InChI=1S/C27H27FN6O2/c1-5-15(2)13-19(35)22-20-23(32-26(36)27(20,3)4)31-24(30-22)21-17-10-8-12-29-25(17)34(33-21)14-16-9-6-7-11-18(16)28/h6-12,15H,5,13-14H2,1-4H3,(H,30,31,32,36). The number of halogens is 1. The van der Waals surface area contributed by atoms with E-state index in [1.54, 1.807) is 49.0 Å². The molecule has 5 rings (SSSR count). The summed E-state index contributed by atoms with van der Waals surface area (Å²) in [5.74, 6) is -0.00652. The number of carbonyl (C=O) groups is 2. The fourth-order valence-electron chi connectivity index (χ4n) is 4.46. The fraction of sp³-hybridized carbons (Fsp3) is 0.333. The number of ketones is 1. The van der Waals surface area contributed by atoms with Gasteiger partial charge in [0.25, 0.3) is 0 Å². The van der Waals surface area contributed by atoms with Crippen LogP contribution in [0.2, 0.25) is 0 Å². The average molecular weight is 487 g/mol. The maximum Gasteiger partial charge on any atom is 0.235 e. The molecule has 1 aliphatic rings. The molecule has 8 nitrogen and oxygen atoms in total. The molecular weight excluding hydrogens is 459 g/mol. The van der Waals surface area contributed by atoms with Crippen LogP contribution in [0.5, 0.6) is 0 Å². The Balaban J connectivity index is 1.68. The first kappa shape index (κ1) is 23.7. The number of pyridine rings is 1. The van der Waals surface area contributed by atoms with Crippen molar-refractivity contribution >= 4 is 28.5 Å². The van der Waals surface area contributed by atoms with Crippen LogP contribution in [0.3, 0.4) is 0 Å². The Morgan fingerprint density at radius 3 is 2.69 bits per heavy atom. The van der Waals surface area contributed by atoms with Gasteiger partial charge in [-0.25, -0.2) is 24.0 Å². The summed E-state index contributed by atoms with van der Waals surface area (Å²) in [5, 5.41) is 8.18. The van der Waals surface area contributed by atoms with E-state index in [-0.39, 0.29) is 41.5 Å². The molecule has 4 aromatic rings. The highest BCUT2D eigenvalue weighted by Gasteiger charge is 2.44. The Morgan fingerprint density at radius 2 is 1.94 bits per heavy atom. The zero-order chi connectivity index (χ0) is 25.6. The molecule has 184 valence electrons. The van der Waals surface area contributed by atoms with Gasteiger partial charge in [0.1, 0.15) is 23.0 Å². The highest BCUT2D eigenvalue weighted by Crippen LogP contribution is 2.40. The van der Waals surface area contributed by atoms with E-state index in [4.69, 9.17) is 5.10 Å². The van der Waals surface area contributed by atoms with E-state index in [9.17, 15) is 14.0 Å². The number of amides is 1. The van der Waals surface area contributed by atoms with E-state index in [1.165, 1.54) is 6.07 Å².